The molecule has 0 aromatic heterocycles. The molecule has 3 nitrogen and oxygen atoms in total. The molecular formula is C37H70O3Si2. The molecule has 1 saturated heterocycles. The molecule has 0 bridgehead atoms. The van der Waals surface area contributed by atoms with Crippen molar-refractivity contribution < 1.29 is 13.6 Å². The Morgan fingerprint density at radius 3 is 1.90 bits per heavy atom. The highest BCUT2D eigenvalue weighted by molar-refractivity contribution is 6.74. The topological polar surface area (TPSA) is 27.7 Å². The van der Waals surface area contributed by atoms with Gasteiger partial charge in [0.25, 0.3) is 0 Å². The van der Waals surface area contributed by atoms with Gasteiger partial charge >= 0.3 is 0 Å². The lowest BCUT2D eigenvalue weighted by molar-refractivity contribution is -0.161. The maximum absolute atomic E-state index is 7.59. The smallest absolute Gasteiger partial charge is 0.192 e. The molecule has 5 aliphatic rings. The van der Waals surface area contributed by atoms with Gasteiger partial charge in [0.15, 0.2) is 16.6 Å². The Labute approximate surface area is 263 Å². The minimum Gasteiger partial charge on any atom is -0.414 e. The molecule has 0 amide bonds. The highest BCUT2D eigenvalue weighted by Crippen LogP contribution is 2.69. The minimum absolute atomic E-state index is 0.171. The van der Waals surface area contributed by atoms with Gasteiger partial charge in [-0.25, -0.2) is 0 Å². The summed E-state index contributed by atoms with van der Waals surface area (Å²) in [4.78, 5) is 0. The standard InChI is InChI=1S/C37H70O3Si2/c1-33(2,3)41(10,11)39-27-20-22-35(7)26(25-27)16-17-28-29-18-19-31(36(29,8)23-21-30(28)35)37(9,32-15-14-24-38-32)40-42(12,13)34(4,5)6/h26-32H,14-25H2,1-13H3/t26-,27-,28-,29-,30-,31-,32+,35-,36-,37+/m0/s1. The number of ether oxygens (including phenoxy) is 1. The molecular weight excluding hydrogens is 549 g/mol. The van der Waals surface area contributed by atoms with Crippen LogP contribution in [-0.4, -0.2) is 41.1 Å². The van der Waals surface area contributed by atoms with Crippen LogP contribution in [0.25, 0.3) is 0 Å². The van der Waals surface area contributed by atoms with Gasteiger partial charge in [0.2, 0.25) is 0 Å². The van der Waals surface area contributed by atoms with E-state index in [0.29, 0.717) is 27.9 Å². The van der Waals surface area contributed by atoms with E-state index in [1.165, 1.54) is 70.6 Å². The van der Waals surface area contributed by atoms with E-state index in [4.69, 9.17) is 13.6 Å². The van der Waals surface area contributed by atoms with Gasteiger partial charge < -0.3 is 13.6 Å². The molecule has 4 saturated carbocycles. The summed E-state index contributed by atoms with van der Waals surface area (Å²) in [5.74, 6) is 4.10. The van der Waals surface area contributed by atoms with Crippen molar-refractivity contribution in [2.45, 2.75) is 187 Å². The molecule has 4 aliphatic carbocycles. The van der Waals surface area contributed by atoms with E-state index < -0.39 is 16.6 Å². The van der Waals surface area contributed by atoms with Crippen molar-refractivity contribution in [3.8, 4) is 0 Å². The number of rotatable bonds is 6. The molecule has 1 heterocycles. The SMILES string of the molecule is CC(C)(C)[Si](C)(C)O[C@H]1CC[C@@]2(C)[C@@H](CC[C@@H]3[C@@H]2CC[C@@]2(C)[C@H]3CC[C@@H]2[C@@](C)(O[Si](C)(C)C(C)(C)C)[C@H]2CCCO2)C1. The molecule has 5 fully saturated rings. The highest BCUT2D eigenvalue weighted by Gasteiger charge is 2.65. The first kappa shape index (κ1) is 33.7. The summed E-state index contributed by atoms with van der Waals surface area (Å²) in [7, 11) is -3.68. The highest BCUT2D eigenvalue weighted by atomic mass is 28.4. The molecule has 0 aromatic carbocycles. The van der Waals surface area contributed by atoms with Gasteiger partial charge in [0, 0.05) is 12.7 Å². The summed E-state index contributed by atoms with van der Waals surface area (Å²) in [6.07, 6.45) is 15.5. The Hall–Kier alpha value is 0.314. The summed E-state index contributed by atoms with van der Waals surface area (Å²) in [6.45, 7) is 33.1. The predicted octanol–water partition coefficient (Wildman–Crippen LogP) is 11.0. The fourth-order valence-electron chi connectivity index (χ4n) is 11.0. The third-order valence-electron chi connectivity index (χ3n) is 15.4. The van der Waals surface area contributed by atoms with Gasteiger partial charge in [0.1, 0.15) is 0 Å². The first-order valence-corrected chi connectivity index (χ1v) is 24.0. The van der Waals surface area contributed by atoms with Crippen molar-refractivity contribution in [2.24, 2.45) is 40.4 Å². The van der Waals surface area contributed by atoms with E-state index in [0.717, 1.165) is 30.3 Å². The Morgan fingerprint density at radius 1 is 0.690 bits per heavy atom. The fourth-order valence-corrected chi connectivity index (χ4v) is 14.0. The first-order chi connectivity index (χ1) is 19.2. The number of fused-ring (bicyclic) bond motifs is 5. The Bertz CT molecular complexity index is 974. The molecule has 0 N–H and O–H groups in total. The van der Waals surface area contributed by atoms with Gasteiger partial charge in [0.05, 0.1) is 11.7 Å². The van der Waals surface area contributed by atoms with Crippen LogP contribution in [0.1, 0.15) is 133 Å². The molecule has 0 radical (unpaired) electrons. The van der Waals surface area contributed by atoms with E-state index in [2.05, 4.69) is 88.5 Å². The lowest BCUT2D eigenvalue weighted by atomic mass is 9.44. The summed E-state index contributed by atoms with van der Waals surface area (Å²) < 4.78 is 21.2. The molecule has 10 atom stereocenters. The first-order valence-electron chi connectivity index (χ1n) is 18.2. The van der Waals surface area contributed by atoms with E-state index in [1.807, 2.05) is 0 Å². The third-order valence-corrected chi connectivity index (χ3v) is 24.5. The Balaban J connectivity index is 1.36. The molecule has 42 heavy (non-hydrogen) atoms. The van der Waals surface area contributed by atoms with Crippen LogP contribution in [0.15, 0.2) is 0 Å². The lowest BCUT2D eigenvalue weighted by Crippen LogP contribution is -2.61. The molecule has 1 aliphatic heterocycles. The molecule has 5 rings (SSSR count). The van der Waals surface area contributed by atoms with E-state index in [-0.39, 0.29) is 16.7 Å². The largest absolute Gasteiger partial charge is 0.414 e. The summed E-state index contributed by atoms with van der Waals surface area (Å²) in [5.41, 5.74) is 0.706. The maximum atomic E-state index is 7.59. The molecule has 5 heteroatoms. The van der Waals surface area contributed by atoms with Crippen molar-refractivity contribution in [3.63, 3.8) is 0 Å². The third kappa shape index (κ3) is 5.51. The normalized spacial score (nSPS) is 42.9. The minimum atomic E-state index is -1.96. The second-order valence-electron chi connectivity index (χ2n) is 19.7. The monoisotopic (exact) mass is 618 g/mol. The summed E-state index contributed by atoms with van der Waals surface area (Å²) >= 11 is 0. The van der Waals surface area contributed by atoms with Gasteiger partial charge in [-0.1, -0.05) is 55.4 Å². The van der Waals surface area contributed by atoms with Crippen LogP contribution in [-0.2, 0) is 13.6 Å². The molecule has 0 spiro atoms. The van der Waals surface area contributed by atoms with Crippen molar-refractivity contribution >= 4 is 16.6 Å². The number of hydrogen-bond donors (Lipinski definition) is 0. The fraction of sp³-hybridized carbons (Fsp3) is 1.00. The Kier molecular flexibility index (Phi) is 8.78. The van der Waals surface area contributed by atoms with Crippen molar-refractivity contribution in [1.82, 2.24) is 0 Å². The van der Waals surface area contributed by atoms with Crippen LogP contribution in [0.4, 0.5) is 0 Å². The van der Waals surface area contributed by atoms with Crippen LogP contribution in [0, 0.1) is 40.4 Å². The summed E-state index contributed by atoms with van der Waals surface area (Å²) in [5, 5.41) is 0.508. The Morgan fingerprint density at radius 2 is 1.31 bits per heavy atom. The van der Waals surface area contributed by atoms with Crippen LogP contribution < -0.4 is 0 Å². The molecule has 0 aromatic rings. The predicted molar refractivity (Wildman–Crippen MR) is 183 cm³/mol. The van der Waals surface area contributed by atoms with Crippen molar-refractivity contribution in [3.05, 3.63) is 0 Å². The van der Waals surface area contributed by atoms with Gasteiger partial charge in [-0.3, -0.25) is 0 Å². The quantitative estimate of drug-likeness (QED) is 0.277. The maximum Gasteiger partial charge on any atom is 0.192 e. The van der Waals surface area contributed by atoms with Gasteiger partial charge in [-0.05, 0) is 154 Å². The van der Waals surface area contributed by atoms with E-state index >= 15 is 0 Å². The van der Waals surface area contributed by atoms with Gasteiger partial charge in [-0.2, -0.15) is 0 Å². The lowest BCUT2D eigenvalue weighted by Gasteiger charge is -2.62. The molecule has 0 unspecified atom stereocenters. The van der Waals surface area contributed by atoms with Crippen LogP contribution >= 0.6 is 0 Å². The van der Waals surface area contributed by atoms with E-state index in [9.17, 15) is 0 Å². The van der Waals surface area contributed by atoms with Crippen LogP contribution in [0.2, 0.25) is 36.3 Å². The second-order valence-corrected chi connectivity index (χ2v) is 29.1. The van der Waals surface area contributed by atoms with Gasteiger partial charge in [-0.15, -0.1) is 0 Å². The average molecular weight is 619 g/mol. The van der Waals surface area contributed by atoms with Crippen molar-refractivity contribution in [2.75, 3.05) is 6.61 Å². The van der Waals surface area contributed by atoms with Crippen LogP contribution in [0.3, 0.4) is 0 Å². The summed E-state index contributed by atoms with van der Waals surface area (Å²) in [6, 6.07) is 0. The van der Waals surface area contributed by atoms with E-state index in [1.54, 1.807) is 0 Å². The zero-order chi connectivity index (χ0) is 31.1. The zero-order valence-corrected chi connectivity index (χ0v) is 32.3. The zero-order valence-electron chi connectivity index (χ0n) is 30.3. The average Bonchev–Trinajstić information content (AvgIpc) is 3.51. The second kappa shape index (κ2) is 10.9. The van der Waals surface area contributed by atoms with Crippen molar-refractivity contribution in [1.29, 1.82) is 0 Å². The van der Waals surface area contributed by atoms with Crippen LogP contribution in [0.5, 0.6) is 0 Å². The number of hydrogen-bond acceptors (Lipinski definition) is 3. The molecule has 244 valence electrons.